The maximum atomic E-state index is 12.6. The summed E-state index contributed by atoms with van der Waals surface area (Å²) in [6.45, 7) is 5.15. The summed E-state index contributed by atoms with van der Waals surface area (Å²) in [5, 5.41) is 7.96. The Bertz CT molecular complexity index is 768. The smallest absolute Gasteiger partial charge is 0.223 e. The molecule has 2 saturated heterocycles. The fourth-order valence-electron chi connectivity index (χ4n) is 4.64. The summed E-state index contributed by atoms with van der Waals surface area (Å²) >= 11 is 0. The summed E-state index contributed by atoms with van der Waals surface area (Å²) in [7, 11) is 1.92. The molecule has 150 valence electrons. The van der Waals surface area contributed by atoms with Crippen LogP contribution in [0.1, 0.15) is 37.1 Å². The van der Waals surface area contributed by atoms with Crippen LogP contribution in [0.3, 0.4) is 0 Å². The van der Waals surface area contributed by atoms with Gasteiger partial charge in [-0.25, -0.2) is 0 Å². The van der Waals surface area contributed by atoms with Gasteiger partial charge in [0.2, 0.25) is 5.91 Å². The summed E-state index contributed by atoms with van der Waals surface area (Å²) < 4.78 is 1.89. The highest BCUT2D eigenvalue weighted by Crippen LogP contribution is 2.32. The van der Waals surface area contributed by atoms with E-state index >= 15 is 0 Å². The van der Waals surface area contributed by atoms with Crippen LogP contribution in [-0.2, 0) is 24.8 Å². The Morgan fingerprint density at radius 3 is 2.71 bits per heavy atom. The highest BCUT2D eigenvalue weighted by molar-refractivity contribution is 5.76. The van der Waals surface area contributed by atoms with E-state index in [1.54, 1.807) is 6.33 Å². The minimum Gasteiger partial charge on any atom is -0.342 e. The van der Waals surface area contributed by atoms with Crippen molar-refractivity contribution in [3.63, 3.8) is 0 Å². The van der Waals surface area contributed by atoms with Gasteiger partial charge in [-0.3, -0.25) is 14.7 Å². The number of piperidine rings is 1. The van der Waals surface area contributed by atoms with E-state index < -0.39 is 0 Å². The van der Waals surface area contributed by atoms with E-state index in [1.807, 2.05) is 30.1 Å². The van der Waals surface area contributed by atoms with Crippen LogP contribution in [0.25, 0.3) is 0 Å². The minimum atomic E-state index is 0.263. The summed E-state index contributed by atoms with van der Waals surface area (Å²) in [6.07, 6.45) is 10.3. The molecule has 2 aromatic rings. The van der Waals surface area contributed by atoms with Crippen molar-refractivity contribution in [1.82, 2.24) is 29.5 Å². The number of hydrogen-bond donors (Lipinski definition) is 0. The number of aromatic nitrogens is 4. The lowest BCUT2D eigenvalue weighted by atomic mass is 9.83. The number of carbonyl (C=O) groups excluding carboxylic acids is 1. The van der Waals surface area contributed by atoms with E-state index in [-0.39, 0.29) is 5.91 Å². The van der Waals surface area contributed by atoms with Gasteiger partial charge in [0.1, 0.15) is 12.2 Å². The highest BCUT2D eigenvalue weighted by atomic mass is 16.2. The van der Waals surface area contributed by atoms with Crippen LogP contribution < -0.4 is 0 Å². The van der Waals surface area contributed by atoms with Gasteiger partial charge in [0.25, 0.3) is 0 Å². The molecule has 0 saturated carbocycles. The second-order valence-electron chi connectivity index (χ2n) is 8.22. The average Bonchev–Trinajstić information content (AvgIpc) is 3.37. The van der Waals surface area contributed by atoms with Crippen LogP contribution in [0.5, 0.6) is 0 Å². The molecule has 2 aliphatic rings. The number of hydrogen-bond acceptors (Lipinski definition) is 5. The van der Waals surface area contributed by atoms with Gasteiger partial charge in [-0.1, -0.05) is 6.07 Å². The second-order valence-corrected chi connectivity index (χ2v) is 8.22. The third-order valence-corrected chi connectivity index (χ3v) is 6.37. The lowest BCUT2D eigenvalue weighted by molar-refractivity contribution is -0.130. The molecule has 0 radical (unpaired) electrons. The Hall–Kier alpha value is -2.28. The molecular formula is C21H30N6O. The van der Waals surface area contributed by atoms with Gasteiger partial charge in [-0.2, -0.15) is 0 Å². The molecule has 0 aliphatic carbocycles. The first-order valence-electron chi connectivity index (χ1n) is 10.4. The number of carbonyl (C=O) groups is 1. The molecule has 4 rings (SSSR count). The second kappa shape index (κ2) is 8.82. The maximum Gasteiger partial charge on any atom is 0.223 e. The van der Waals surface area contributed by atoms with Gasteiger partial charge in [0.05, 0.1) is 0 Å². The molecule has 2 fully saturated rings. The average molecular weight is 383 g/mol. The normalized spacial score (nSPS) is 21.3. The fourth-order valence-corrected chi connectivity index (χ4v) is 4.64. The predicted octanol–water partition coefficient (Wildman–Crippen LogP) is 1.90. The number of pyridine rings is 1. The van der Waals surface area contributed by atoms with Crippen molar-refractivity contribution in [2.45, 2.75) is 38.6 Å². The number of aryl methyl sites for hydroxylation is 2. The van der Waals surface area contributed by atoms with E-state index in [0.717, 1.165) is 50.9 Å². The summed E-state index contributed by atoms with van der Waals surface area (Å²) in [4.78, 5) is 21.4. The molecule has 2 aromatic heterocycles. The van der Waals surface area contributed by atoms with Crippen molar-refractivity contribution in [2.75, 3.05) is 26.2 Å². The summed E-state index contributed by atoms with van der Waals surface area (Å²) in [5.41, 5.74) is 1.29. The number of amides is 1. The van der Waals surface area contributed by atoms with Crippen molar-refractivity contribution in [2.24, 2.45) is 18.9 Å². The van der Waals surface area contributed by atoms with Gasteiger partial charge in [-0.05, 0) is 55.8 Å². The van der Waals surface area contributed by atoms with E-state index in [9.17, 15) is 4.79 Å². The molecule has 0 N–H and O–H groups in total. The number of likely N-dealkylation sites (tertiary alicyclic amines) is 2. The molecular weight excluding hydrogens is 352 g/mol. The predicted molar refractivity (Wildman–Crippen MR) is 106 cm³/mol. The SMILES string of the molecule is Cn1cnnc1CCC(=O)N1CC[C@@H](C2CCN(Cc3cccnc3)CC2)C1. The van der Waals surface area contributed by atoms with Gasteiger partial charge >= 0.3 is 0 Å². The molecule has 1 amide bonds. The molecule has 0 aromatic carbocycles. The third-order valence-electron chi connectivity index (χ3n) is 6.37. The first kappa shape index (κ1) is 19.1. The zero-order valence-corrected chi connectivity index (χ0v) is 16.7. The first-order chi connectivity index (χ1) is 13.7. The van der Waals surface area contributed by atoms with E-state index in [2.05, 4.69) is 31.0 Å². The summed E-state index contributed by atoms with van der Waals surface area (Å²) in [5.74, 6) is 2.56. The van der Waals surface area contributed by atoms with Crippen LogP contribution in [-0.4, -0.2) is 61.6 Å². The van der Waals surface area contributed by atoms with Gasteiger partial charge in [0, 0.05) is 51.9 Å². The van der Waals surface area contributed by atoms with Gasteiger partial charge in [0.15, 0.2) is 0 Å². The molecule has 0 unspecified atom stereocenters. The maximum absolute atomic E-state index is 12.6. The molecule has 1 atom stereocenters. The Morgan fingerprint density at radius 1 is 1.18 bits per heavy atom. The lowest BCUT2D eigenvalue weighted by Crippen LogP contribution is -2.37. The van der Waals surface area contributed by atoms with E-state index in [4.69, 9.17) is 0 Å². The zero-order valence-electron chi connectivity index (χ0n) is 16.7. The molecule has 2 aliphatic heterocycles. The van der Waals surface area contributed by atoms with Crippen LogP contribution in [0.4, 0.5) is 0 Å². The quantitative estimate of drug-likeness (QED) is 0.763. The molecule has 0 bridgehead atoms. The fraction of sp³-hybridized carbons (Fsp3) is 0.619. The minimum absolute atomic E-state index is 0.263. The first-order valence-corrected chi connectivity index (χ1v) is 10.4. The van der Waals surface area contributed by atoms with Crippen molar-refractivity contribution in [3.05, 3.63) is 42.2 Å². The number of rotatable bonds is 6. The van der Waals surface area contributed by atoms with E-state index in [1.165, 1.54) is 18.4 Å². The van der Waals surface area contributed by atoms with E-state index in [0.29, 0.717) is 18.8 Å². The standard InChI is InChI=1S/C21H30N6O/c1-25-16-23-24-20(25)4-5-21(28)27-12-8-19(15-27)18-6-10-26(11-7-18)14-17-3-2-9-22-13-17/h2-3,9,13,16,18-19H,4-8,10-12,14-15H2,1H3/t19-/m1/s1. The third kappa shape index (κ3) is 4.58. The van der Waals surface area contributed by atoms with Crippen LogP contribution in [0, 0.1) is 11.8 Å². The largest absolute Gasteiger partial charge is 0.342 e. The Morgan fingerprint density at radius 2 is 2.00 bits per heavy atom. The molecule has 28 heavy (non-hydrogen) atoms. The van der Waals surface area contributed by atoms with Crippen molar-refractivity contribution < 1.29 is 4.79 Å². The highest BCUT2D eigenvalue weighted by Gasteiger charge is 2.33. The van der Waals surface area contributed by atoms with Crippen molar-refractivity contribution in [3.8, 4) is 0 Å². The Labute approximate surface area is 166 Å². The molecule has 0 spiro atoms. The lowest BCUT2D eigenvalue weighted by Gasteiger charge is -2.34. The van der Waals surface area contributed by atoms with Crippen molar-refractivity contribution in [1.29, 1.82) is 0 Å². The Balaban J connectivity index is 1.20. The van der Waals surface area contributed by atoms with Crippen LogP contribution in [0.2, 0.25) is 0 Å². The Kier molecular flexibility index (Phi) is 6.00. The van der Waals surface area contributed by atoms with Crippen LogP contribution in [0.15, 0.2) is 30.9 Å². The molecule has 4 heterocycles. The molecule has 7 heteroatoms. The van der Waals surface area contributed by atoms with Crippen LogP contribution >= 0.6 is 0 Å². The topological polar surface area (TPSA) is 67.2 Å². The zero-order chi connectivity index (χ0) is 19.3. The van der Waals surface area contributed by atoms with Crippen molar-refractivity contribution >= 4 is 5.91 Å². The summed E-state index contributed by atoms with van der Waals surface area (Å²) in [6, 6.07) is 4.16. The van der Waals surface area contributed by atoms with Gasteiger partial charge < -0.3 is 9.47 Å². The molecule has 7 nitrogen and oxygen atoms in total. The number of nitrogens with zero attached hydrogens (tertiary/aromatic N) is 6. The monoisotopic (exact) mass is 382 g/mol. The van der Waals surface area contributed by atoms with Gasteiger partial charge in [-0.15, -0.1) is 10.2 Å².